The molecule has 7 nitrogen and oxygen atoms in total. The molecule has 4 rings (SSSR count). The highest BCUT2D eigenvalue weighted by Crippen LogP contribution is 2.38. The average Bonchev–Trinajstić information content (AvgIpc) is 3.19. The van der Waals surface area contributed by atoms with Crippen molar-refractivity contribution in [1.29, 1.82) is 0 Å². The Kier molecular flexibility index (Phi) is 5.95. The van der Waals surface area contributed by atoms with Crippen LogP contribution in [0.3, 0.4) is 0 Å². The maximum absolute atomic E-state index is 5.99. The minimum atomic E-state index is 0.457. The normalized spacial score (nSPS) is 11.1. The first-order chi connectivity index (χ1) is 14.2. The number of hydrogen-bond acceptors (Lipinski definition) is 8. The van der Waals surface area contributed by atoms with E-state index in [0.717, 1.165) is 45.2 Å². The lowest BCUT2D eigenvalue weighted by Crippen LogP contribution is -2.18. The Morgan fingerprint density at radius 1 is 1.07 bits per heavy atom. The number of anilines is 1. The second-order valence-corrected chi connectivity index (χ2v) is 7.43. The zero-order valence-corrected chi connectivity index (χ0v) is 16.8. The largest absolute Gasteiger partial charge is 0.454 e. The molecule has 0 saturated heterocycles. The van der Waals surface area contributed by atoms with Gasteiger partial charge >= 0.3 is 0 Å². The van der Waals surface area contributed by atoms with Gasteiger partial charge in [-0.15, -0.1) is 11.3 Å². The van der Waals surface area contributed by atoms with E-state index in [1.165, 1.54) is 0 Å². The number of nitrogens with one attached hydrogen (secondary N) is 1. The van der Waals surface area contributed by atoms with E-state index in [1.54, 1.807) is 43.0 Å². The Morgan fingerprint density at radius 3 is 2.76 bits per heavy atom. The van der Waals surface area contributed by atoms with Gasteiger partial charge in [-0.3, -0.25) is 9.97 Å². The summed E-state index contributed by atoms with van der Waals surface area (Å²) in [7, 11) is 1.70. The molecule has 0 saturated carbocycles. The van der Waals surface area contributed by atoms with E-state index in [2.05, 4.69) is 26.3 Å². The zero-order valence-electron chi connectivity index (χ0n) is 16.0. The fourth-order valence-electron chi connectivity index (χ4n) is 2.78. The second-order valence-electron chi connectivity index (χ2n) is 6.38. The van der Waals surface area contributed by atoms with E-state index in [9.17, 15) is 0 Å². The number of aromatic nitrogens is 3. The SMILES string of the molecule is COCCNCc1ccc(-c2cc3nccc(Oc4ccc(N)nc4)c3s2)nc1. The van der Waals surface area contributed by atoms with Gasteiger partial charge in [0.2, 0.25) is 0 Å². The van der Waals surface area contributed by atoms with Crippen molar-refractivity contribution in [2.45, 2.75) is 6.54 Å². The summed E-state index contributed by atoms with van der Waals surface area (Å²) in [5.41, 5.74) is 8.55. The third-order valence-corrected chi connectivity index (χ3v) is 5.41. The van der Waals surface area contributed by atoms with Crippen LogP contribution >= 0.6 is 11.3 Å². The number of nitrogens with zero attached hydrogens (tertiary/aromatic N) is 3. The van der Waals surface area contributed by atoms with Gasteiger partial charge in [-0.2, -0.15) is 0 Å². The number of ether oxygens (including phenoxy) is 2. The minimum Gasteiger partial charge on any atom is -0.454 e. The average molecular weight is 407 g/mol. The van der Waals surface area contributed by atoms with Gasteiger partial charge in [-0.25, -0.2) is 4.98 Å². The molecule has 0 unspecified atom stereocenters. The lowest BCUT2D eigenvalue weighted by atomic mass is 10.2. The predicted octanol–water partition coefficient (Wildman–Crippen LogP) is 3.86. The van der Waals surface area contributed by atoms with E-state index in [-0.39, 0.29) is 0 Å². The topological polar surface area (TPSA) is 95.2 Å². The third kappa shape index (κ3) is 4.68. The van der Waals surface area contributed by atoms with Crippen LogP contribution in [0.4, 0.5) is 5.82 Å². The van der Waals surface area contributed by atoms with Crippen LogP contribution in [0.5, 0.6) is 11.5 Å². The molecule has 0 fully saturated rings. The molecule has 0 aliphatic heterocycles. The van der Waals surface area contributed by atoms with E-state index in [1.807, 2.05) is 24.4 Å². The van der Waals surface area contributed by atoms with Crippen LogP contribution < -0.4 is 15.8 Å². The van der Waals surface area contributed by atoms with Crippen molar-refractivity contribution in [2.24, 2.45) is 0 Å². The smallest absolute Gasteiger partial charge is 0.148 e. The van der Waals surface area contributed by atoms with Gasteiger partial charge < -0.3 is 20.5 Å². The molecule has 0 spiro atoms. The Hall–Kier alpha value is -3.07. The molecule has 0 aliphatic carbocycles. The van der Waals surface area contributed by atoms with E-state index < -0.39 is 0 Å². The summed E-state index contributed by atoms with van der Waals surface area (Å²) in [5.74, 6) is 1.82. The summed E-state index contributed by atoms with van der Waals surface area (Å²) in [6.45, 7) is 2.27. The molecule has 4 heterocycles. The van der Waals surface area contributed by atoms with Crippen LogP contribution in [0, 0.1) is 0 Å². The molecule has 0 aromatic carbocycles. The van der Waals surface area contributed by atoms with Crippen molar-refractivity contribution in [3.63, 3.8) is 0 Å². The number of methoxy groups -OCH3 is 1. The molecule has 148 valence electrons. The minimum absolute atomic E-state index is 0.457. The summed E-state index contributed by atoms with van der Waals surface area (Å²) in [5, 5.41) is 3.32. The second kappa shape index (κ2) is 8.95. The molecule has 4 aromatic rings. The highest BCUT2D eigenvalue weighted by atomic mass is 32.1. The van der Waals surface area contributed by atoms with Crippen molar-refractivity contribution in [1.82, 2.24) is 20.3 Å². The van der Waals surface area contributed by atoms with Crippen LogP contribution in [0.25, 0.3) is 20.8 Å². The first-order valence-electron chi connectivity index (χ1n) is 9.16. The number of pyridine rings is 3. The zero-order chi connectivity index (χ0) is 20.1. The third-order valence-electron chi connectivity index (χ3n) is 4.25. The Bertz CT molecular complexity index is 1080. The highest BCUT2D eigenvalue weighted by Gasteiger charge is 2.12. The van der Waals surface area contributed by atoms with Gasteiger partial charge in [-0.1, -0.05) is 6.07 Å². The molecule has 0 amide bonds. The summed E-state index contributed by atoms with van der Waals surface area (Å²) < 4.78 is 12.0. The summed E-state index contributed by atoms with van der Waals surface area (Å²) in [6.07, 6.45) is 5.24. The molecule has 29 heavy (non-hydrogen) atoms. The quantitative estimate of drug-likeness (QED) is 0.428. The fraction of sp³-hybridized carbons (Fsp3) is 0.190. The summed E-state index contributed by atoms with van der Waals surface area (Å²) in [4.78, 5) is 14.2. The number of nitrogens with two attached hydrogens (primary N) is 1. The van der Waals surface area contributed by atoms with Crippen molar-refractivity contribution in [3.05, 3.63) is 60.6 Å². The van der Waals surface area contributed by atoms with E-state index in [0.29, 0.717) is 18.2 Å². The van der Waals surface area contributed by atoms with Gasteiger partial charge in [-0.05, 0) is 29.8 Å². The molecule has 0 bridgehead atoms. The first kappa shape index (κ1) is 19.3. The number of nitrogen functional groups attached to an aromatic ring is 1. The van der Waals surface area contributed by atoms with Crippen LogP contribution in [-0.4, -0.2) is 35.2 Å². The van der Waals surface area contributed by atoms with Gasteiger partial charge in [0, 0.05) is 38.7 Å². The molecule has 8 heteroatoms. The Balaban J connectivity index is 1.53. The number of fused-ring (bicyclic) bond motifs is 1. The Morgan fingerprint density at radius 2 is 2.00 bits per heavy atom. The number of thiophene rings is 1. The lowest BCUT2D eigenvalue weighted by molar-refractivity contribution is 0.199. The predicted molar refractivity (Wildman–Crippen MR) is 115 cm³/mol. The lowest BCUT2D eigenvalue weighted by Gasteiger charge is -2.06. The van der Waals surface area contributed by atoms with Crippen molar-refractivity contribution in [3.8, 4) is 22.1 Å². The van der Waals surface area contributed by atoms with Gasteiger partial charge in [0.15, 0.2) is 0 Å². The molecule has 0 aliphatic rings. The van der Waals surface area contributed by atoms with Crippen molar-refractivity contribution in [2.75, 3.05) is 26.0 Å². The Labute approximate surface area is 172 Å². The fourth-order valence-corrected chi connectivity index (χ4v) is 3.82. The van der Waals surface area contributed by atoms with Crippen LogP contribution in [0.15, 0.2) is 55.0 Å². The monoisotopic (exact) mass is 407 g/mol. The number of rotatable bonds is 8. The van der Waals surface area contributed by atoms with Gasteiger partial charge in [0.05, 0.1) is 33.6 Å². The molecule has 0 atom stereocenters. The highest BCUT2D eigenvalue weighted by molar-refractivity contribution is 7.22. The van der Waals surface area contributed by atoms with E-state index in [4.69, 9.17) is 15.2 Å². The van der Waals surface area contributed by atoms with E-state index >= 15 is 0 Å². The maximum Gasteiger partial charge on any atom is 0.148 e. The molecule has 4 aromatic heterocycles. The van der Waals surface area contributed by atoms with Crippen LogP contribution in [-0.2, 0) is 11.3 Å². The first-order valence-corrected chi connectivity index (χ1v) is 9.97. The van der Waals surface area contributed by atoms with Crippen molar-refractivity contribution < 1.29 is 9.47 Å². The molecule has 3 N–H and O–H groups in total. The van der Waals surface area contributed by atoms with Crippen molar-refractivity contribution >= 4 is 27.4 Å². The molecular formula is C21H21N5O2S. The number of hydrogen-bond donors (Lipinski definition) is 2. The summed E-state index contributed by atoms with van der Waals surface area (Å²) in [6, 6.07) is 11.5. The van der Waals surface area contributed by atoms with Crippen LogP contribution in [0.2, 0.25) is 0 Å². The van der Waals surface area contributed by atoms with Crippen LogP contribution in [0.1, 0.15) is 5.56 Å². The maximum atomic E-state index is 5.99. The summed E-state index contributed by atoms with van der Waals surface area (Å²) >= 11 is 1.60. The standard InChI is InChI=1S/C21H21N5O2S/c1-27-9-8-23-11-14-2-4-16(25-12-14)19-10-17-21(29-19)18(6-7-24-17)28-15-3-5-20(22)26-13-15/h2-7,10,12-13,23H,8-9,11H2,1H3,(H2,22,26). The molecular weight excluding hydrogens is 386 g/mol. The molecule has 0 radical (unpaired) electrons. The van der Waals surface area contributed by atoms with Gasteiger partial charge in [0.1, 0.15) is 17.3 Å². The van der Waals surface area contributed by atoms with Gasteiger partial charge in [0.25, 0.3) is 0 Å².